The lowest BCUT2D eigenvalue weighted by Gasteiger charge is -2.30. The summed E-state index contributed by atoms with van der Waals surface area (Å²) in [7, 11) is 0. The Labute approximate surface area is 107 Å². The molecule has 1 aliphatic carbocycles. The van der Waals surface area contributed by atoms with Crippen LogP contribution >= 0.6 is 0 Å². The normalized spacial score (nSPS) is 32.1. The zero-order chi connectivity index (χ0) is 13.3. The summed E-state index contributed by atoms with van der Waals surface area (Å²) >= 11 is 0. The van der Waals surface area contributed by atoms with Crippen LogP contribution in [0.15, 0.2) is 23.5 Å². The first kappa shape index (κ1) is 13.3. The van der Waals surface area contributed by atoms with Gasteiger partial charge in [0, 0.05) is 12.3 Å². The van der Waals surface area contributed by atoms with Crippen molar-refractivity contribution in [1.82, 2.24) is 0 Å². The zero-order valence-electron chi connectivity index (χ0n) is 11.1. The van der Waals surface area contributed by atoms with Crippen LogP contribution in [0.4, 0.5) is 0 Å². The molecule has 3 atom stereocenters. The first-order valence-corrected chi connectivity index (χ1v) is 6.28. The molecule has 1 aliphatic heterocycles. The largest absolute Gasteiger partial charge is 0.505 e. The molecule has 3 unspecified atom stereocenters. The van der Waals surface area contributed by atoms with E-state index in [0.717, 1.165) is 0 Å². The number of hydrogen-bond donors (Lipinski definition) is 1. The summed E-state index contributed by atoms with van der Waals surface area (Å²) in [4.78, 5) is 11.6. The Bertz CT molecular complexity index is 400. The predicted molar refractivity (Wildman–Crippen MR) is 67.4 cm³/mol. The smallest absolute Gasteiger partial charge is 0.197 e. The first-order chi connectivity index (χ1) is 8.44. The van der Waals surface area contributed by atoms with Gasteiger partial charge in [0.05, 0.1) is 19.3 Å². The summed E-state index contributed by atoms with van der Waals surface area (Å²) in [5.74, 6) is -0.398. The fourth-order valence-corrected chi connectivity index (χ4v) is 2.32. The van der Waals surface area contributed by atoms with E-state index in [0.29, 0.717) is 19.6 Å². The predicted octanol–water partition coefficient (Wildman–Crippen LogP) is 2.16. The van der Waals surface area contributed by atoms with Crippen molar-refractivity contribution in [3.63, 3.8) is 0 Å². The van der Waals surface area contributed by atoms with E-state index in [1.807, 2.05) is 26.8 Å². The summed E-state index contributed by atoms with van der Waals surface area (Å²) in [6.45, 7) is 7.09. The fourth-order valence-electron chi connectivity index (χ4n) is 2.32. The van der Waals surface area contributed by atoms with E-state index in [-0.39, 0.29) is 23.6 Å². The minimum absolute atomic E-state index is 0.00791. The van der Waals surface area contributed by atoms with Gasteiger partial charge in [-0.1, -0.05) is 11.6 Å². The number of allylic oxidation sites excluding steroid dienone is 2. The third-order valence-corrected chi connectivity index (χ3v) is 3.59. The van der Waals surface area contributed by atoms with Crippen molar-refractivity contribution >= 4 is 5.78 Å². The van der Waals surface area contributed by atoms with Gasteiger partial charge in [0.2, 0.25) is 0 Å². The van der Waals surface area contributed by atoms with Crippen LogP contribution in [-0.4, -0.2) is 35.8 Å². The number of carbonyl (C=O) groups is 1. The van der Waals surface area contributed by atoms with E-state index in [4.69, 9.17) is 9.47 Å². The van der Waals surface area contributed by atoms with Crippen molar-refractivity contribution in [1.29, 1.82) is 0 Å². The second-order valence-corrected chi connectivity index (χ2v) is 5.33. The van der Waals surface area contributed by atoms with Crippen molar-refractivity contribution in [2.75, 3.05) is 13.2 Å². The van der Waals surface area contributed by atoms with Gasteiger partial charge >= 0.3 is 0 Å². The van der Waals surface area contributed by atoms with Crippen molar-refractivity contribution in [3.8, 4) is 0 Å². The van der Waals surface area contributed by atoms with Crippen molar-refractivity contribution < 1.29 is 19.4 Å². The number of ketones is 1. The summed E-state index contributed by atoms with van der Waals surface area (Å²) in [6, 6.07) is 0. The summed E-state index contributed by atoms with van der Waals surface area (Å²) in [6.07, 6.45) is 3.77. The summed E-state index contributed by atoms with van der Waals surface area (Å²) in [5.41, 5.74) is 0.736. The Morgan fingerprint density at radius 1 is 1.72 bits per heavy atom. The first-order valence-electron chi connectivity index (χ1n) is 6.28. The van der Waals surface area contributed by atoms with Crippen LogP contribution < -0.4 is 0 Å². The third kappa shape index (κ3) is 2.65. The van der Waals surface area contributed by atoms with Gasteiger partial charge in [-0.2, -0.15) is 0 Å². The Morgan fingerprint density at radius 2 is 2.39 bits per heavy atom. The monoisotopic (exact) mass is 252 g/mol. The van der Waals surface area contributed by atoms with Crippen LogP contribution in [0.1, 0.15) is 27.2 Å². The molecule has 0 amide bonds. The molecule has 4 heteroatoms. The maximum absolute atomic E-state index is 11.6. The lowest BCUT2D eigenvalue weighted by atomic mass is 9.79. The van der Waals surface area contributed by atoms with E-state index in [2.05, 4.69) is 0 Å². The molecule has 1 N–H and O–H groups in total. The molecule has 18 heavy (non-hydrogen) atoms. The molecule has 100 valence electrons. The van der Waals surface area contributed by atoms with Crippen LogP contribution in [0.2, 0.25) is 0 Å². The number of hydrogen-bond acceptors (Lipinski definition) is 4. The Morgan fingerprint density at radius 3 is 2.94 bits per heavy atom. The standard InChI is InChI=1S/C14H20O4/c1-9(2)4-5-17-10(3)11-6-12(15)13(16)7-14(11)8-18-14/h4,7,10-11,16H,5-6,8H2,1-3H3. The van der Waals surface area contributed by atoms with Gasteiger partial charge in [0.25, 0.3) is 0 Å². The highest BCUT2D eigenvalue weighted by Gasteiger charge is 2.55. The van der Waals surface area contributed by atoms with Gasteiger partial charge < -0.3 is 14.6 Å². The highest BCUT2D eigenvalue weighted by Crippen LogP contribution is 2.45. The third-order valence-electron chi connectivity index (χ3n) is 3.59. The average Bonchev–Trinajstić information content (AvgIpc) is 3.03. The van der Waals surface area contributed by atoms with Gasteiger partial charge in [0.1, 0.15) is 5.60 Å². The van der Waals surface area contributed by atoms with Crippen LogP contribution in [0.3, 0.4) is 0 Å². The number of aliphatic hydroxyl groups excluding tert-OH is 1. The maximum Gasteiger partial charge on any atom is 0.197 e. The van der Waals surface area contributed by atoms with Crippen LogP contribution in [0, 0.1) is 5.92 Å². The number of ether oxygens (including phenoxy) is 2. The average molecular weight is 252 g/mol. The van der Waals surface area contributed by atoms with E-state index in [9.17, 15) is 9.90 Å². The minimum atomic E-state index is -0.470. The number of Topliss-reactive ketones (excluding diaryl/α,β-unsaturated/α-hetero) is 1. The molecular formula is C14H20O4. The molecule has 1 spiro atoms. The Hall–Kier alpha value is -1.13. The molecular weight excluding hydrogens is 232 g/mol. The summed E-state index contributed by atoms with van der Waals surface area (Å²) in [5, 5.41) is 9.48. The van der Waals surface area contributed by atoms with E-state index in [1.54, 1.807) is 6.08 Å². The molecule has 2 aliphatic rings. The van der Waals surface area contributed by atoms with Gasteiger partial charge in [-0.25, -0.2) is 0 Å². The molecule has 0 bridgehead atoms. The second-order valence-electron chi connectivity index (χ2n) is 5.33. The Kier molecular flexibility index (Phi) is 3.59. The molecule has 0 aromatic carbocycles. The minimum Gasteiger partial charge on any atom is -0.505 e. The van der Waals surface area contributed by atoms with Gasteiger partial charge in [-0.3, -0.25) is 4.79 Å². The molecule has 0 radical (unpaired) electrons. The van der Waals surface area contributed by atoms with E-state index >= 15 is 0 Å². The Balaban J connectivity index is 2.00. The SMILES string of the molecule is CC(C)=CCOC(C)C1CC(=O)C(O)=CC12CO2. The number of rotatable bonds is 4. The maximum atomic E-state index is 11.6. The van der Waals surface area contributed by atoms with Gasteiger partial charge in [-0.15, -0.1) is 0 Å². The number of epoxide rings is 1. The molecule has 0 aromatic rings. The highest BCUT2D eigenvalue weighted by molar-refractivity contribution is 5.94. The molecule has 4 nitrogen and oxygen atoms in total. The van der Waals surface area contributed by atoms with E-state index in [1.165, 1.54) is 5.57 Å². The van der Waals surface area contributed by atoms with E-state index < -0.39 is 5.60 Å². The van der Waals surface area contributed by atoms with Crippen LogP contribution in [-0.2, 0) is 14.3 Å². The van der Waals surface area contributed by atoms with Gasteiger partial charge in [-0.05, 0) is 26.8 Å². The fraction of sp³-hybridized carbons (Fsp3) is 0.643. The molecule has 1 heterocycles. The highest BCUT2D eigenvalue weighted by atomic mass is 16.6. The molecule has 0 saturated carbocycles. The zero-order valence-corrected chi connectivity index (χ0v) is 11.1. The second kappa shape index (κ2) is 4.86. The molecule has 0 aromatic heterocycles. The lowest BCUT2D eigenvalue weighted by Crippen LogP contribution is -2.39. The molecule has 1 fully saturated rings. The lowest BCUT2D eigenvalue weighted by molar-refractivity contribution is -0.122. The summed E-state index contributed by atoms with van der Waals surface area (Å²) < 4.78 is 11.2. The topological polar surface area (TPSA) is 59.1 Å². The van der Waals surface area contributed by atoms with Crippen molar-refractivity contribution in [2.24, 2.45) is 5.92 Å². The number of aliphatic hydroxyl groups is 1. The molecule has 2 rings (SSSR count). The number of carbonyl (C=O) groups excluding carboxylic acids is 1. The van der Waals surface area contributed by atoms with Gasteiger partial charge in [0.15, 0.2) is 11.5 Å². The van der Waals surface area contributed by atoms with Crippen molar-refractivity contribution in [2.45, 2.75) is 38.9 Å². The molecule has 1 saturated heterocycles. The van der Waals surface area contributed by atoms with Crippen LogP contribution in [0.5, 0.6) is 0 Å². The quantitative estimate of drug-likeness (QED) is 0.615. The van der Waals surface area contributed by atoms with Crippen LogP contribution in [0.25, 0.3) is 0 Å². The van der Waals surface area contributed by atoms with Crippen molar-refractivity contribution in [3.05, 3.63) is 23.5 Å².